The van der Waals surface area contributed by atoms with Gasteiger partial charge in [-0.15, -0.1) is 0 Å². The van der Waals surface area contributed by atoms with E-state index in [1.54, 1.807) is 7.11 Å². The molecular weight excluding hydrogens is 200 g/mol. The van der Waals surface area contributed by atoms with Crippen molar-refractivity contribution in [3.05, 3.63) is 0 Å². The van der Waals surface area contributed by atoms with Crippen LogP contribution in [-0.4, -0.2) is 47.0 Å². The number of hydrogen-bond acceptors (Lipinski definition) is 3. The molecule has 0 aromatic rings. The van der Waals surface area contributed by atoms with E-state index in [1.165, 1.54) is 0 Å². The summed E-state index contributed by atoms with van der Waals surface area (Å²) in [5.74, 6) is 0. The van der Waals surface area contributed by atoms with Crippen LogP contribution in [0.1, 0.15) is 6.42 Å². The molecule has 0 atom stereocenters. The van der Waals surface area contributed by atoms with Crippen molar-refractivity contribution in [1.29, 1.82) is 0 Å². The molecule has 0 N–H and O–H groups in total. The van der Waals surface area contributed by atoms with E-state index in [4.69, 9.17) is 9.47 Å². The average molecular weight is 215 g/mol. The third kappa shape index (κ3) is 11.7. The first kappa shape index (κ1) is 13.7. The second kappa shape index (κ2) is 8.08. The fourth-order valence-electron chi connectivity index (χ4n) is 0.742. The molecule has 7 heteroatoms. The van der Waals surface area contributed by atoms with Gasteiger partial charge in [0.2, 0.25) is 0 Å². The lowest BCUT2D eigenvalue weighted by Gasteiger charge is -2.13. The number of ether oxygens (including phenoxy) is 3. The molecule has 0 amide bonds. The Morgan fingerprint density at radius 2 is 1.57 bits per heavy atom. The summed E-state index contributed by atoms with van der Waals surface area (Å²) in [7, 11) is 1.58. The fourth-order valence-corrected chi connectivity index (χ4v) is 0.742. The summed E-state index contributed by atoms with van der Waals surface area (Å²) >= 11 is 0. The molecule has 0 spiro atoms. The summed E-state index contributed by atoms with van der Waals surface area (Å²) in [6, 6.07) is 0. The molecule has 0 aliphatic heterocycles. The Balaban J connectivity index is 2.99. The van der Waals surface area contributed by atoms with Crippen LogP contribution in [0.4, 0.5) is 12.9 Å². The summed E-state index contributed by atoms with van der Waals surface area (Å²) in [5, 5.41) is 0. The van der Waals surface area contributed by atoms with Gasteiger partial charge in [-0.05, 0) is 6.42 Å². The maximum absolute atomic E-state index is 11.6. The van der Waals surface area contributed by atoms with Gasteiger partial charge in [0, 0.05) is 26.8 Å². The van der Waals surface area contributed by atoms with Gasteiger partial charge in [-0.2, -0.15) is 0 Å². The number of methoxy groups -OCH3 is 1. The van der Waals surface area contributed by atoms with Crippen LogP contribution in [0, 0.1) is 0 Å². The quantitative estimate of drug-likeness (QED) is 0.430. The molecule has 0 aliphatic rings. The highest BCUT2D eigenvalue weighted by atomic mass is 19.4. The molecule has 0 rings (SSSR count). The summed E-state index contributed by atoms with van der Waals surface area (Å²) in [6.07, 6.45) is 0.736. The summed E-state index contributed by atoms with van der Waals surface area (Å²) in [4.78, 5) is 0. The first-order valence-electron chi connectivity index (χ1n) is 4.41. The van der Waals surface area contributed by atoms with Crippen molar-refractivity contribution in [1.82, 2.24) is 0 Å². The SMILES string of the molecule is COCCCOCCOC[B-](F)(F)F. The highest BCUT2D eigenvalue weighted by Gasteiger charge is 2.22. The Morgan fingerprint density at radius 1 is 0.929 bits per heavy atom. The van der Waals surface area contributed by atoms with Crippen LogP contribution in [0.3, 0.4) is 0 Å². The highest BCUT2D eigenvalue weighted by molar-refractivity contribution is 6.58. The molecule has 0 aromatic carbocycles. The lowest BCUT2D eigenvalue weighted by Crippen LogP contribution is -2.25. The van der Waals surface area contributed by atoms with E-state index in [9.17, 15) is 12.9 Å². The monoisotopic (exact) mass is 215 g/mol. The van der Waals surface area contributed by atoms with Gasteiger partial charge in [-0.1, -0.05) is 0 Å². The minimum atomic E-state index is -4.83. The van der Waals surface area contributed by atoms with E-state index in [-0.39, 0.29) is 13.2 Å². The zero-order valence-corrected chi connectivity index (χ0v) is 8.18. The predicted molar refractivity (Wildman–Crippen MR) is 47.2 cm³/mol. The van der Waals surface area contributed by atoms with E-state index < -0.39 is 13.5 Å². The third-order valence-electron chi connectivity index (χ3n) is 1.32. The average Bonchev–Trinajstić information content (AvgIpc) is 2.08. The zero-order valence-electron chi connectivity index (χ0n) is 8.18. The van der Waals surface area contributed by atoms with Gasteiger partial charge < -0.3 is 27.2 Å². The molecule has 86 valence electrons. The Kier molecular flexibility index (Phi) is 7.92. The molecule has 0 bridgehead atoms. The van der Waals surface area contributed by atoms with Crippen molar-refractivity contribution in [2.24, 2.45) is 0 Å². The molecule has 0 radical (unpaired) electrons. The lowest BCUT2D eigenvalue weighted by atomic mass is 9.95. The highest BCUT2D eigenvalue weighted by Crippen LogP contribution is 2.07. The Labute approximate surface area is 81.6 Å². The standard InChI is InChI=1S/C7H15BF3O3/c1-12-3-2-4-13-5-6-14-7-8(9,10)11/h2-7H2,1H3/q-1. The molecule has 0 saturated carbocycles. The van der Waals surface area contributed by atoms with E-state index in [0.717, 1.165) is 6.42 Å². The van der Waals surface area contributed by atoms with Crippen molar-refractivity contribution in [2.75, 3.05) is 40.0 Å². The van der Waals surface area contributed by atoms with E-state index in [1.807, 2.05) is 0 Å². The smallest absolute Gasteiger partial charge is 0.447 e. The predicted octanol–water partition coefficient (Wildman–Crippen LogP) is 1.44. The lowest BCUT2D eigenvalue weighted by molar-refractivity contribution is 0.0470. The van der Waals surface area contributed by atoms with Crippen LogP contribution in [0.5, 0.6) is 0 Å². The molecular formula is C7H15BF3O3-. The first-order valence-corrected chi connectivity index (χ1v) is 4.41. The van der Waals surface area contributed by atoms with Gasteiger partial charge in [0.15, 0.2) is 0 Å². The number of halogens is 3. The van der Waals surface area contributed by atoms with Crippen LogP contribution in [0.2, 0.25) is 0 Å². The van der Waals surface area contributed by atoms with Crippen molar-refractivity contribution >= 4 is 6.98 Å². The van der Waals surface area contributed by atoms with E-state index >= 15 is 0 Å². The van der Waals surface area contributed by atoms with E-state index in [2.05, 4.69) is 4.74 Å². The number of rotatable bonds is 9. The van der Waals surface area contributed by atoms with Crippen LogP contribution in [0.25, 0.3) is 0 Å². The maximum Gasteiger partial charge on any atom is 0.503 e. The van der Waals surface area contributed by atoms with Crippen LogP contribution in [0.15, 0.2) is 0 Å². The topological polar surface area (TPSA) is 27.7 Å². The molecule has 0 aromatic heterocycles. The van der Waals surface area contributed by atoms with Gasteiger partial charge in [0.25, 0.3) is 0 Å². The van der Waals surface area contributed by atoms with Crippen LogP contribution >= 0.6 is 0 Å². The Hall–Kier alpha value is -0.265. The summed E-state index contributed by atoms with van der Waals surface area (Å²) in [5.41, 5.74) is 0. The minimum Gasteiger partial charge on any atom is -0.447 e. The first-order chi connectivity index (χ1) is 6.56. The third-order valence-corrected chi connectivity index (χ3v) is 1.32. The van der Waals surface area contributed by atoms with Gasteiger partial charge in [0.05, 0.1) is 13.2 Å². The molecule has 0 aliphatic carbocycles. The second-order valence-corrected chi connectivity index (χ2v) is 2.74. The van der Waals surface area contributed by atoms with Gasteiger partial charge in [0.1, 0.15) is 0 Å². The molecule has 0 saturated heterocycles. The second-order valence-electron chi connectivity index (χ2n) is 2.74. The Bertz CT molecular complexity index is 132. The fraction of sp³-hybridized carbons (Fsp3) is 1.00. The minimum absolute atomic E-state index is 0.0196. The normalized spacial score (nSPS) is 12.0. The Morgan fingerprint density at radius 3 is 2.14 bits per heavy atom. The van der Waals surface area contributed by atoms with Gasteiger partial charge in [-0.3, -0.25) is 0 Å². The van der Waals surface area contributed by atoms with E-state index in [0.29, 0.717) is 13.2 Å². The van der Waals surface area contributed by atoms with Crippen molar-refractivity contribution in [3.63, 3.8) is 0 Å². The molecule has 0 fully saturated rings. The van der Waals surface area contributed by atoms with Gasteiger partial charge >= 0.3 is 6.98 Å². The van der Waals surface area contributed by atoms with Crippen LogP contribution < -0.4 is 0 Å². The maximum atomic E-state index is 11.6. The van der Waals surface area contributed by atoms with Crippen molar-refractivity contribution < 1.29 is 27.2 Å². The molecule has 3 nitrogen and oxygen atoms in total. The van der Waals surface area contributed by atoms with Crippen LogP contribution in [-0.2, 0) is 14.2 Å². The number of hydrogen-bond donors (Lipinski definition) is 0. The molecule has 0 unspecified atom stereocenters. The van der Waals surface area contributed by atoms with Crippen molar-refractivity contribution in [3.8, 4) is 0 Å². The largest absolute Gasteiger partial charge is 0.503 e. The summed E-state index contributed by atoms with van der Waals surface area (Å²) < 4.78 is 48.9. The zero-order chi connectivity index (χ0) is 10.9. The van der Waals surface area contributed by atoms with Crippen molar-refractivity contribution in [2.45, 2.75) is 6.42 Å². The molecule has 14 heavy (non-hydrogen) atoms. The summed E-state index contributed by atoms with van der Waals surface area (Å²) in [6.45, 7) is -4.74. The van der Waals surface area contributed by atoms with Gasteiger partial charge in [-0.25, -0.2) is 0 Å². The molecule has 0 heterocycles.